The Bertz CT molecular complexity index is 951. The van der Waals surface area contributed by atoms with E-state index in [1.165, 1.54) is 17.6 Å². The van der Waals surface area contributed by atoms with E-state index in [1.807, 2.05) is 30.3 Å². The fourth-order valence-corrected chi connectivity index (χ4v) is 3.10. The minimum Gasteiger partial charge on any atom is -0.467 e. The van der Waals surface area contributed by atoms with Gasteiger partial charge < -0.3 is 9.73 Å². The molecule has 0 radical (unpaired) electrons. The molecule has 0 atom stereocenters. The van der Waals surface area contributed by atoms with Gasteiger partial charge in [0.05, 0.1) is 23.5 Å². The van der Waals surface area contributed by atoms with Crippen molar-refractivity contribution in [2.75, 3.05) is 0 Å². The largest absolute Gasteiger partial charge is 0.467 e. The van der Waals surface area contributed by atoms with Gasteiger partial charge in [0.1, 0.15) is 10.6 Å². The van der Waals surface area contributed by atoms with Crippen molar-refractivity contribution in [2.45, 2.75) is 13.5 Å². The van der Waals surface area contributed by atoms with Gasteiger partial charge in [0.2, 0.25) is 0 Å². The van der Waals surface area contributed by atoms with E-state index < -0.39 is 17.7 Å². The minimum absolute atomic E-state index is 0.0688. The molecule has 3 rings (SSSR count). The van der Waals surface area contributed by atoms with Gasteiger partial charge in [-0.3, -0.25) is 25.2 Å². The summed E-state index contributed by atoms with van der Waals surface area (Å²) in [5, 5.41) is 3.09. The standard InChI is InChI=1S/C18H16N4O4S/c1-11-20-14(12-6-3-2-4-7-12)15(27-11)16(23)21-22-18(25)17(24)19-10-13-8-5-9-26-13/h2-9H,10H2,1H3,(H,19,24)(H,21,23)(H,22,25). The third-order valence-corrected chi connectivity index (χ3v) is 4.46. The second-order valence-corrected chi connectivity index (χ2v) is 6.65. The number of aryl methyl sites for hydroxylation is 1. The number of thiazole rings is 1. The van der Waals surface area contributed by atoms with Crippen molar-refractivity contribution in [3.63, 3.8) is 0 Å². The Morgan fingerprint density at radius 2 is 1.81 bits per heavy atom. The molecule has 3 N–H and O–H groups in total. The highest BCUT2D eigenvalue weighted by Crippen LogP contribution is 2.27. The summed E-state index contributed by atoms with van der Waals surface area (Å²) in [5.41, 5.74) is 5.65. The number of hydrazine groups is 1. The van der Waals surface area contributed by atoms with Gasteiger partial charge in [0.15, 0.2) is 0 Å². The number of benzene rings is 1. The smallest absolute Gasteiger partial charge is 0.327 e. The normalized spacial score (nSPS) is 10.3. The summed E-state index contributed by atoms with van der Waals surface area (Å²) in [6.07, 6.45) is 1.46. The topological polar surface area (TPSA) is 113 Å². The molecule has 138 valence electrons. The molecule has 0 bridgehead atoms. The van der Waals surface area contributed by atoms with Crippen LogP contribution in [0, 0.1) is 6.92 Å². The van der Waals surface area contributed by atoms with Crippen LogP contribution in [0.2, 0.25) is 0 Å². The molecule has 27 heavy (non-hydrogen) atoms. The first kappa shape index (κ1) is 18.3. The number of amides is 3. The highest BCUT2D eigenvalue weighted by molar-refractivity contribution is 7.14. The highest BCUT2D eigenvalue weighted by Gasteiger charge is 2.20. The molecule has 0 saturated heterocycles. The molecular weight excluding hydrogens is 368 g/mol. The Morgan fingerprint density at radius 3 is 2.52 bits per heavy atom. The molecule has 0 aliphatic heterocycles. The molecule has 0 saturated carbocycles. The third kappa shape index (κ3) is 4.59. The van der Waals surface area contributed by atoms with E-state index in [1.54, 1.807) is 19.1 Å². The molecule has 2 heterocycles. The van der Waals surface area contributed by atoms with E-state index in [-0.39, 0.29) is 6.54 Å². The lowest BCUT2D eigenvalue weighted by Gasteiger charge is -2.07. The maximum Gasteiger partial charge on any atom is 0.327 e. The average Bonchev–Trinajstić information content (AvgIpc) is 3.34. The Hall–Kier alpha value is -3.46. The van der Waals surface area contributed by atoms with Crippen molar-refractivity contribution in [2.24, 2.45) is 0 Å². The summed E-state index contributed by atoms with van der Waals surface area (Å²) in [4.78, 5) is 40.7. The molecule has 0 spiro atoms. The lowest BCUT2D eigenvalue weighted by molar-refractivity contribution is -0.139. The number of aromatic nitrogens is 1. The number of rotatable bonds is 4. The first-order valence-electron chi connectivity index (χ1n) is 7.98. The van der Waals surface area contributed by atoms with Gasteiger partial charge >= 0.3 is 11.8 Å². The Morgan fingerprint density at radius 1 is 1.04 bits per heavy atom. The Labute approximate surface area is 158 Å². The number of hydrogen-bond donors (Lipinski definition) is 3. The van der Waals surface area contributed by atoms with E-state index in [2.05, 4.69) is 21.2 Å². The number of carbonyl (C=O) groups excluding carboxylic acids is 3. The molecule has 1 aromatic carbocycles. The molecule has 0 fully saturated rings. The van der Waals surface area contributed by atoms with E-state index in [4.69, 9.17) is 4.42 Å². The predicted molar refractivity (Wildman–Crippen MR) is 98.5 cm³/mol. The van der Waals surface area contributed by atoms with Crippen LogP contribution in [0.15, 0.2) is 53.1 Å². The maximum absolute atomic E-state index is 12.4. The minimum atomic E-state index is -0.989. The van der Waals surface area contributed by atoms with Gasteiger partial charge in [0, 0.05) is 5.56 Å². The van der Waals surface area contributed by atoms with E-state index in [0.29, 0.717) is 21.3 Å². The van der Waals surface area contributed by atoms with Crippen molar-refractivity contribution < 1.29 is 18.8 Å². The molecule has 3 amide bonds. The fraction of sp³-hybridized carbons (Fsp3) is 0.111. The summed E-state index contributed by atoms with van der Waals surface area (Å²) >= 11 is 1.20. The average molecular weight is 384 g/mol. The van der Waals surface area contributed by atoms with Crippen LogP contribution in [-0.2, 0) is 16.1 Å². The van der Waals surface area contributed by atoms with Crippen molar-refractivity contribution in [1.82, 2.24) is 21.2 Å². The number of hydrogen-bond acceptors (Lipinski definition) is 6. The third-order valence-electron chi connectivity index (χ3n) is 3.49. The van der Waals surface area contributed by atoms with Crippen LogP contribution in [0.3, 0.4) is 0 Å². The summed E-state index contributed by atoms with van der Waals surface area (Å²) in [5.74, 6) is -1.92. The first-order valence-corrected chi connectivity index (χ1v) is 8.80. The van der Waals surface area contributed by atoms with Crippen molar-refractivity contribution in [3.8, 4) is 11.3 Å². The zero-order valence-corrected chi connectivity index (χ0v) is 15.1. The van der Waals surface area contributed by atoms with Crippen molar-refractivity contribution in [1.29, 1.82) is 0 Å². The van der Waals surface area contributed by atoms with Gasteiger partial charge in [-0.15, -0.1) is 11.3 Å². The zero-order chi connectivity index (χ0) is 19.2. The monoisotopic (exact) mass is 384 g/mol. The molecule has 0 aliphatic rings. The maximum atomic E-state index is 12.4. The van der Waals surface area contributed by atoms with E-state index >= 15 is 0 Å². The quantitative estimate of drug-likeness (QED) is 0.469. The zero-order valence-electron chi connectivity index (χ0n) is 14.3. The number of carbonyl (C=O) groups is 3. The second kappa shape index (κ2) is 8.28. The van der Waals surface area contributed by atoms with Crippen LogP contribution < -0.4 is 16.2 Å². The second-order valence-electron chi connectivity index (χ2n) is 5.45. The van der Waals surface area contributed by atoms with Crippen LogP contribution in [0.25, 0.3) is 11.3 Å². The van der Waals surface area contributed by atoms with Crippen LogP contribution >= 0.6 is 11.3 Å². The Kier molecular flexibility index (Phi) is 5.62. The van der Waals surface area contributed by atoms with Crippen LogP contribution in [-0.4, -0.2) is 22.7 Å². The highest BCUT2D eigenvalue weighted by atomic mass is 32.1. The molecule has 8 nitrogen and oxygen atoms in total. The number of nitrogens with zero attached hydrogens (tertiary/aromatic N) is 1. The van der Waals surface area contributed by atoms with E-state index in [9.17, 15) is 14.4 Å². The summed E-state index contributed by atoms with van der Waals surface area (Å²) < 4.78 is 5.06. The Balaban J connectivity index is 1.59. The lowest BCUT2D eigenvalue weighted by Crippen LogP contribution is -2.48. The summed E-state index contributed by atoms with van der Waals surface area (Å²) in [7, 11) is 0. The lowest BCUT2D eigenvalue weighted by atomic mass is 10.1. The van der Waals surface area contributed by atoms with Crippen molar-refractivity contribution in [3.05, 3.63) is 64.4 Å². The van der Waals surface area contributed by atoms with Gasteiger partial charge in [0.25, 0.3) is 5.91 Å². The molecule has 0 aliphatic carbocycles. The first-order chi connectivity index (χ1) is 13.0. The molecule has 0 unspecified atom stereocenters. The molecule has 2 aromatic heterocycles. The molecule has 9 heteroatoms. The summed E-state index contributed by atoms with van der Waals surface area (Å²) in [6, 6.07) is 12.6. The van der Waals surface area contributed by atoms with Crippen LogP contribution in [0.1, 0.15) is 20.4 Å². The van der Waals surface area contributed by atoms with Gasteiger partial charge in [-0.25, -0.2) is 4.98 Å². The fourth-order valence-electron chi connectivity index (χ4n) is 2.26. The SMILES string of the molecule is Cc1nc(-c2ccccc2)c(C(=O)NNC(=O)C(=O)NCc2ccco2)s1. The number of nitrogens with one attached hydrogen (secondary N) is 3. The van der Waals surface area contributed by atoms with Crippen LogP contribution in [0.5, 0.6) is 0 Å². The van der Waals surface area contributed by atoms with Gasteiger partial charge in [-0.05, 0) is 19.1 Å². The molecular formula is C18H16N4O4S. The predicted octanol–water partition coefficient (Wildman–Crippen LogP) is 1.79. The number of furan rings is 1. The molecule has 3 aromatic rings. The van der Waals surface area contributed by atoms with Gasteiger partial charge in [-0.1, -0.05) is 30.3 Å². The van der Waals surface area contributed by atoms with E-state index in [0.717, 1.165) is 5.56 Å². The van der Waals surface area contributed by atoms with Gasteiger partial charge in [-0.2, -0.15) is 0 Å². The van der Waals surface area contributed by atoms with Crippen LogP contribution in [0.4, 0.5) is 0 Å². The summed E-state index contributed by atoms with van der Waals surface area (Å²) in [6.45, 7) is 1.86. The van der Waals surface area contributed by atoms with Crippen molar-refractivity contribution >= 4 is 29.1 Å².